The third-order valence-corrected chi connectivity index (χ3v) is 3.56. The molecule has 1 aliphatic rings. The molecular weight excluding hydrogens is 232 g/mol. The number of hydrogen-bond donors (Lipinski definition) is 2. The number of carboxylic acid groups (broad SMARTS) is 1. The molecule has 5 heteroatoms. The number of likely N-dealkylation sites (N-methyl/N-ethyl adjacent to an activating group) is 1. The fourth-order valence-electron chi connectivity index (χ4n) is 2.44. The van der Waals surface area contributed by atoms with Crippen LogP contribution in [0.4, 0.5) is 0 Å². The minimum Gasteiger partial charge on any atom is -0.475 e. The monoisotopic (exact) mass is 252 g/mol. The van der Waals surface area contributed by atoms with Gasteiger partial charge in [0.15, 0.2) is 0 Å². The van der Waals surface area contributed by atoms with Gasteiger partial charge in [-0.15, -0.1) is 0 Å². The highest BCUT2D eigenvalue weighted by Crippen LogP contribution is 2.15. The molecule has 0 spiro atoms. The smallest absolute Gasteiger partial charge is 0.372 e. The van der Waals surface area contributed by atoms with Crippen LogP contribution in [-0.2, 0) is 6.54 Å². The van der Waals surface area contributed by atoms with E-state index in [1.54, 1.807) is 6.07 Å². The van der Waals surface area contributed by atoms with Gasteiger partial charge in [-0.3, -0.25) is 0 Å². The first-order valence-corrected chi connectivity index (χ1v) is 6.39. The molecule has 0 aromatic carbocycles. The molecule has 0 bridgehead atoms. The van der Waals surface area contributed by atoms with E-state index in [1.165, 1.54) is 25.5 Å². The fourth-order valence-corrected chi connectivity index (χ4v) is 2.44. The maximum Gasteiger partial charge on any atom is 0.372 e. The fraction of sp³-hybridized carbons (Fsp3) is 0.615. The maximum atomic E-state index is 10.9. The summed E-state index contributed by atoms with van der Waals surface area (Å²) in [5, 5.41) is 12.2. The molecule has 2 rings (SSSR count). The third kappa shape index (κ3) is 3.11. The number of nitrogens with zero attached hydrogens (tertiary/aromatic N) is 1. The predicted octanol–water partition coefficient (Wildman–Crippen LogP) is 1.55. The first-order chi connectivity index (χ1) is 8.68. The van der Waals surface area contributed by atoms with Crippen LogP contribution < -0.4 is 5.32 Å². The SMILES string of the molecule is CN1CCCCC1CNCc1ccoc1C(=O)O. The summed E-state index contributed by atoms with van der Waals surface area (Å²) in [5.74, 6) is -0.967. The minimum atomic E-state index is -1.01. The highest BCUT2D eigenvalue weighted by molar-refractivity contribution is 5.86. The van der Waals surface area contributed by atoms with Gasteiger partial charge >= 0.3 is 5.97 Å². The summed E-state index contributed by atoms with van der Waals surface area (Å²) in [6, 6.07) is 2.26. The van der Waals surface area contributed by atoms with E-state index >= 15 is 0 Å². The van der Waals surface area contributed by atoms with Crippen LogP contribution in [0.1, 0.15) is 35.4 Å². The summed E-state index contributed by atoms with van der Waals surface area (Å²) < 4.78 is 4.94. The molecule has 1 aliphatic heterocycles. The standard InChI is InChI=1S/C13H20N2O3/c1-15-6-3-2-4-11(15)9-14-8-10-5-7-18-12(10)13(16)17/h5,7,11,14H,2-4,6,8-9H2,1H3,(H,16,17). The Balaban J connectivity index is 1.81. The van der Waals surface area contributed by atoms with Gasteiger partial charge in [-0.25, -0.2) is 4.79 Å². The van der Waals surface area contributed by atoms with Gasteiger partial charge in [0.05, 0.1) is 6.26 Å². The molecule has 0 radical (unpaired) electrons. The molecule has 1 aromatic rings. The Morgan fingerprint density at radius 2 is 2.44 bits per heavy atom. The van der Waals surface area contributed by atoms with Gasteiger partial charge < -0.3 is 19.7 Å². The molecule has 18 heavy (non-hydrogen) atoms. The van der Waals surface area contributed by atoms with Crippen molar-refractivity contribution in [1.29, 1.82) is 0 Å². The average Bonchev–Trinajstić information content (AvgIpc) is 2.80. The first kappa shape index (κ1) is 13.1. The summed E-state index contributed by atoms with van der Waals surface area (Å²) in [7, 11) is 2.14. The summed E-state index contributed by atoms with van der Waals surface area (Å²) in [6.45, 7) is 2.58. The van der Waals surface area contributed by atoms with Crippen molar-refractivity contribution >= 4 is 5.97 Å². The molecule has 100 valence electrons. The number of likely N-dealkylation sites (tertiary alicyclic amines) is 1. The zero-order valence-electron chi connectivity index (χ0n) is 10.7. The lowest BCUT2D eigenvalue weighted by molar-refractivity contribution is 0.0660. The van der Waals surface area contributed by atoms with Crippen molar-refractivity contribution in [3.8, 4) is 0 Å². The molecule has 2 N–H and O–H groups in total. The molecule has 1 aromatic heterocycles. The van der Waals surface area contributed by atoms with E-state index in [-0.39, 0.29) is 5.76 Å². The Morgan fingerprint density at radius 3 is 3.17 bits per heavy atom. The number of carboxylic acids is 1. The van der Waals surface area contributed by atoms with E-state index in [9.17, 15) is 4.79 Å². The maximum absolute atomic E-state index is 10.9. The topological polar surface area (TPSA) is 65.7 Å². The number of furan rings is 1. The van der Waals surface area contributed by atoms with Crippen molar-refractivity contribution in [3.05, 3.63) is 23.7 Å². The van der Waals surface area contributed by atoms with E-state index in [0.29, 0.717) is 18.2 Å². The van der Waals surface area contributed by atoms with E-state index in [4.69, 9.17) is 9.52 Å². The Kier molecular flexibility index (Phi) is 4.38. The second-order valence-corrected chi connectivity index (χ2v) is 4.84. The van der Waals surface area contributed by atoms with Gasteiger partial charge in [0.2, 0.25) is 5.76 Å². The second kappa shape index (κ2) is 6.02. The lowest BCUT2D eigenvalue weighted by atomic mass is 10.0. The van der Waals surface area contributed by atoms with Gasteiger partial charge in [0, 0.05) is 24.7 Å². The molecule has 0 saturated carbocycles. The number of hydrogen-bond acceptors (Lipinski definition) is 4. The van der Waals surface area contributed by atoms with Crippen LogP contribution in [0.25, 0.3) is 0 Å². The Bertz CT molecular complexity index is 403. The molecule has 2 heterocycles. The van der Waals surface area contributed by atoms with E-state index in [2.05, 4.69) is 17.3 Å². The lowest BCUT2D eigenvalue weighted by Crippen LogP contribution is -2.42. The van der Waals surface area contributed by atoms with Crippen molar-refractivity contribution in [2.45, 2.75) is 31.8 Å². The molecule has 1 atom stereocenters. The molecule has 1 unspecified atom stereocenters. The average molecular weight is 252 g/mol. The summed E-state index contributed by atoms with van der Waals surface area (Å²) in [5.41, 5.74) is 0.709. The van der Waals surface area contributed by atoms with Gasteiger partial charge in [0.1, 0.15) is 0 Å². The van der Waals surface area contributed by atoms with Gasteiger partial charge in [0.25, 0.3) is 0 Å². The number of rotatable bonds is 5. The summed E-state index contributed by atoms with van der Waals surface area (Å²) >= 11 is 0. The van der Waals surface area contributed by atoms with Crippen molar-refractivity contribution < 1.29 is 14.3 Å². The van der Waals surface area contributed by atoms with Gasteiger partial charge in [-0.1, -0.05) is 6.42 Å². The van der Waals surface area contributed by atoms with Crippen LogP contribution in [0.3, 0.4) is 0 Å². The molecule has 5 nitrogen and oxygen atoms in total. The number of carbonyl (C=O) groups is 1. The van der Waals surface area contributed by atoms with Crippen LogP contribution in [0.5, 0.6) is 0 Å². The molecule has 1 saturated heterocycles. The Morgan fingerprint density at radius 1 is 1.61 bits per heavy atom. The minimum absolute atomic E-state index is 0.0412. The van der Waals surface area contributed by atoms with Crippen molar-refractivity contribution in [3.63, 3.8) is 0 Å². The largest absolute Gasteiger partial charge is 0.475 e. The van der Waals surface area contributed by atoms with Crippen molar-refractivity contribution in [1.82, 2.24) is 10.2 Å². The van der Waals surface area contributed by atoms with Gasteiger partial charge in [-0.2, -0.15) is 0 Å². The molecule has 0 amide bonds. The summed E-state index contributed by atoms with van der Waals surface area (Å²) in [4.78, 5) is 13.2. The number of nitrogens with one attached hydrogen (secondary N) is 1. The summed E-state index contributed by atoms with van der Waals surface area (Å²) in [6.07, 6.45) is 5.19. The highest BCUT2D eigenvalue weighted by Gasteiger charge is 2.19. The lowest BCUT2D eigenvalue weighted by Gasteiger charge is -2.32. The van der Waals surface area contributed by atoms with Crippen molar-refractivity contribution in [2.75, 3.05) is 20.1 Å². The van der Waals surface area contributed by atoms with Crippen LogP contribution in [0, 0.1) is 0 Å². The molecule has 0 aliphatic carbocycles. The quantitative estimate of drug-likeness (QED) is 0.832. The Hall–Kier alpha value is -1.33. The highest BCUT2D eigenvalue weighted by atomic mass is 16.4. The van der Waals surface area contributed by atoms with Crippen LogP contribution in [0.2, 0.25) is 0 Å². The predicted molar refractivity (Wildman–Crippen MR) is 67.6 cm³/mol. The van der Waals surface area contributed by atoms with E-state index < -0.39 is 5.97 Å². The molecular formula is C13H20N2O3. The Labute approximate surface area is 107 Å². The van der Waals surface area contributed by atoms with E-state index in [1.807, 2.05) is 0 Å². The third-order valence-electron chi connectivity index (χ3n) is 3.56. The zero-order chi connectivity index (χ0) is 13.0. The second-order valence-electron chi connectivity index (χ2n) is 4.84. The van der Waals surface area contributed by atoms with Crippen LogP contribution >= 0.6 is 0 Å². The number of piperidine rings is 1. The van der Waals surface area contributed by atoms with Crippen molar-refractivity contribution in [2.24, 2.45) is 0 Å². The number of aromatic carboxylic acids is 1. The van der Waals surface area contributed by atoms with Crippen LogP contribution in [-0.4, -0.2) is 42.2 Å². The van der Waals surface area contributed by atoms with Gasteiger partial charge in [-0.05, 0) is 32.5 Å². The molecule has 1 fully saturated rings. The normalized spacial score (nSPS) is 21.1. The van der Waals surface area contributed by atoms with Crippen LogP contribution in [0.15, 0.2) is 16.7 Å². The first-order valence-electron chi connectivity index (χ1n) is 6.39. The van der Waals surface area contributed by atoms with E-state index in [0.717, 1.165) is 13.1 Å². The zero-order valence-corrected chi connectivity index (χ0v) is 10.7.